The standard InChI is InChI=1S/C22H20F2N2O4/c1-29-22(28)12-18(14-6-8-15(23)9-7-14)26-20(27)10-11-21-25-13-19(30-21)16-4-2-3-5-17(16)24/h2-9,13,18H,10-12H2,1H3,(H,26,27). The van der Waals surface area contributed by atoms with Crippen LogP contribution >= 0.6 is 0 Å². The van der Waals surface area contributed by atoms with Gasteiger partial charge in [0, 0.05) is 12.8 Å². The first-order valence-corrected chi connectivity index (χ1v) is 9.27. The van der Waals surface area contributed by atoms with Crippen LogP contribution in [0.25, 0.3) is 11.3 Å². The summed E-state index contributed by atoms with van der Waals surface area (Å²) in [5.74, 6) is -1.14. The average molecular weight is 414 g/mol. The van der Waals surface area contributed by atoms with Crippen molar-refractivity contribution < 1.29 is 27.5 Å². The predicted octanol–water partition coefficient (Wildman–Crippen LogP) is 3.97. The van der Waals surface area contributed by atoms with E-state index in [1.54, 1.807) is 18.2 Å². The zero-order chi connectivity index (χ0) is 21.5. The van der Waals surface area contributed by atoms with E-state index in [1.807, 2.05) is 0 Å². The van der Waals surface area contributed by atoms with Gasteiger partial charge < -0.3 is 14.5 Å². The van der Waals surface area contributed by atoms with Gasteiger partial charge in [-0.3, -0.25) is 9.59 Å². The molecule has 8 heteroatoms. The summed E-state index contributed by atoms with van der Waals surface area (Å²) in [6.07, 6.45) is 1.54. The van der Waals surface area contributed by atoms with Crippen LogP contribution in [0.4, 0.5) is 8.78 Å². The minimum atomic E-state index is -0.663. The molecule has 0 radical (unpaired) electrons. The number of nitrogens with zero attached hydrogens (tertiary/aromatic N) is 1. The Morgan fingerprint density at radius 2 is 1.87 bits per heavy atom. The Balaban J connectivity index is 1.62. The lowest BCUT2D eigenvalue weighted by molar-refractivity contribution is -0.141. The molecule has 1 N–H and O–H groups in total. The van der Waals surface area contributed by atoms with Crippen LogP contribution < -0.4 is 5.32 Å². The van der Waals surface area contributed by atoms with Crippen molar-refractivity contribution >= 4 is 11.9 Å². The van der Waals surface area contributed by atoms with Crippen molar-refractivity contribution in [3.8, 4) is 11.3 Å². The number of methoxy groups -OCH3 is 1. The molecule has 0 fully saturated rings. The van der Waals surface area contributed by atoms with E-state index in [1.165, 1.54) is 43.6 Å². The van der Waals surface area contributed by atoms with Gasteiger partial charge in [0.1, 0.15) is 11.6 Å². The molecule has 1 atom stereocenters. The number of nitrogens with one attached hydrogen (secondary N) is 1. The lowest BCUT2D eigenvalue weighted by atomic mass is 10.0. The number of oxazole rings is 1. The molecule has 3 rings (SSSR count). The Bertz CT molecular complexity index is 1020. The second kappa shape index (κ2) is 9.78. The molecule has 1 unspecified atom stereocenters. The van der Waals surface area contributed by atoms with Crippen molar-refractivity contribution in [2.45, 2.75) is 25.3 Å². The molecule has 0 saturated carbocycles. The van der Waals surface area contributed by atoms with Gasteiger partial charge in [-0.05, 0) is 29.8 Å². The molecule has 0 aliphatic rings. The van der Waals surface area contributed by atoms with Gasteiger partial charge in [0.2, 0.25) is 5.91 Å². The van der Waals surface area contributed by atoms with Gasteiger partial charge in [-0.25, -0.2) is 13.8 Å². The molecule has 30 heavy (non-hydrogen) atoms. The number of esters is 1. The minimum Gasteiger partial charge on any atom is -0.469 e. The number of aromatic nitrogens is 1. The highest BCUT2D eigenvalue weighted by molar-refractivity contribution is 5.78. The number of ether oxygens (including phenoxy) is 1. The summed E-state index contributed by atoms with van der Waals surface area (Å²) in [4.78, 5) is 28.2. The van der Waals surface area contributed by atoms with E-state index in [-0.39, 0.29) is 42.4 Å². The van der Waals surface area contributed by atoms with Crippen LogP contribution in [-0.4, -0.2) is 24.0 Å². The number of amides is 1. The molecular weight excluding hydrogens is 394 g/mol. The van der Waals surface area contributed by atoms with Gasteiger partial charge in [-0.15, -0.1) is 0 Å². The largest absolute Gasteiger partial charge is 0.469 e. The highest BCUT2D eigenvalue weighted by atomic mass is 19.1. The quantitative estimate of drug-likeness (QED) is 0.564. The maximum Gasteiger partial charge on any atom is 0.307 e. The molecular formula is C22H20F2N2O4. The van der Waals surface area contributed by atoms with E-state index >= 15 is 0 Å². The monoisotopic (exact) mass is 414 g/mol. The number of rotatable bonds is 8. The van der Waals surface area contributed by atoms with Crippen molar-refractivity contribution in [2.75, 3.05) is 7.11 Å². The summed E-state index contributed by atoms with van der Waals surface area (Å²) in [6, 6.07) is 11.0. The van der Waals surface area contributed by atoms with Crippen molar-refractivity contribution in [3.63, 3.8) is 0 Å². The summed E-state index contributed by atoms with van der Waals surface area (Å²) < 4.78 is 37.2. The molecule has 0 bridgehead atoms. The Kier molecular flexibility index (Phi) is 6.90. The molecule has 1 aromatic heterocycles. The zero-order valence-electron chi connectivity index (χ0n) is 16.2. The molecule has 156 valence electrons. The first-order chi connectivity index (χ1) is 14.5. The third kappa shape index (κ3) is 5.50. The molecule has 0 aliphatic carbocycles. The molecule has 0 aliphatic heterocycles. The molecule has 0 spiro atoms. The Labute approximate surface area is 171 Å². The second-order valence-electron chi connectivity index (χ2n) is 6.55. The molecule has 1 heterocycles. The summed E-state index contributed by atoms with van der Waals surface area (Å²) in [5.41, 5.74) is 0.864. The van der Waals surface area contributed by atoms with E-state index in [9.17, 15) is 18.4 Å². The fraction of sp³-hybridized carbons (Fsp3) is 0.227. The van der Waals surface area contributed by atoms with Crippen LogP contribution in [0, 0.1) is 11.6 Å². The number of carbonyl (C=O) groups is 2. The van der Waals surface area contributed by atoms with Gasteiger partial charge >= 0.3 is 5.97 Å². The van der Waals surface area contributed by atoms with E-state index in [0.29, 0.717) is 5.56 Å². The summed E-state index contributed by atoms with van der Waals surface area (Å²) in [6.45, 7) is 0. The van der Waals surface area contributed by atoms with Gasteiger partial charge in [-0.1, -0.05) is 24.3 Å². The number of hydrogen-bond acceptors (Lipinski definition) is 5. The maximum atomic E-state index is 13.8. The third-order valence-electron chi connectivity index (χ3n) is 4.46. The summed E-state index contributed by atoms with van der Waals surface area (Å²) in [7, 11) is 1.25. The first kappa shape index (κ1) is 21.2. The summed E-state index contributed by atoms with van der Waals surface area (Å²) in [5, 5.41) is 2.74. The molecule has 1 amide bonds. The number of halogens is 2. The van der Waals surface area contributed by atoms with Crippen LogP contribution in [0.1, 0.15) is 30.3 Å². The second-order valence-corrected chi connectivity index (χ2v) is 6.55. The van der Waals surface area contributed by atoms with Crippen molar-refractivity contribution in [1.29, 1.82) is 0 Å². The van der Waals surface area contributed by atoms with Crippen LogP contribution in [0.15, 0.2) is 59.1 Å². The Hall–Kier alpha value is -3.55. The Morgan fingerprint density at radius 3 is 2.57 bits per heavy atom. The van der Waals surface area contributed by atoms with Crippen LogP contribution in [0.5, 0.6) is 0 Å². The fourth-order valence-electron chi connectivity index (χ4n) is 2.90. The topological polar surface area (TPSA) is 81.4 Å². The van der Waals surface area contributed by atoms with E-state index in [4.69, 9.17) is 4.42 Å². The van der Waals surface area contributed by atoms with Gasteiger partial charge in [0.15, 0.2) is 11.7 Å². The predicted molar refractivity (Wildman–Crippen MR) is 104 cm³/mol. The van der Waals surface area contributed by atoms with Crippen molar-refractivity contribution in [3.05, 3.63) is 77.8 Å². The summed E-state index contributed by atoms with van der Waals surface area (Å²) >= 11 is 0. The lowest BCUT2D eigenvalue weighted by Gasteiger charge is -2.18. The minimum absolute atomic E-state index is 0.0378. The van der Waals surface area contributed by atoms with Gasteiger partial charge in [0.05, 0.1) is 31.3 Å². The van der Waals surface area contributed by atoms with E-state index in [0.717, 1.165) is 0 Å². The number of carbonyl (C=O) groups excluding carboxylic acids is 2. The molecule has 3 aromatic rings. The maximum absolute atomic E-state index is 13.8. The van der Waals surface area contributed by atoms with E-state index < -0.39 is 23.6 Å². The van der Waals surface area contributed by atoms with Crippen molar-refractivity contribution in [2.24, 2.45) is 0 Å². The number of hydrogen-bond donors (Lipinski definition) is 1. The zero-order valence-corrected chi connectivity index (χ0v) is 16.2. The number of aryl methyl sites for hydroxylation is 1. The first-order valence-electron chi connectivity index (χ1n) is 9.27. The molecule has 6 nitrogen and oxygen atoms in total. The van der Waals surface area contributed by atoms with Crippen LogP contribution in [0.3, 0.4) is 0 Å². The highest BCUT2D eigenvalue weighted by Gasteiger charge is 2.20. The highest BCUT2D eigenvalue weighted by Crippen LogP contribution is 2.24. The average Bonchev–Trinajstić information content (AvgIpc) is 3.21. The smallest absolute Gasteiger partial charge is 0.307 e. The van der Waals surface area contributed by atoms with E-state index in [2.05, 4.69) is 15.0 Å². The SMILES string of the molecule is COC(=O)CC(NC(=O)CCc1ncc(-c2ccccc2F)o1)c1ccc(F)cc1. The number of benzene rings is 2. The van der Waals surface area contributed by atoms with Crippen LogP contribution in [0.2, 0.25) is 0 Å². The third-order valence-corrected chi connectivity index (χ3v) is 4.46. The molecule has 2 aromatic carbocycles. The lowest BCUT2D eigenvalue weighted by Crippen LogP contribution is -2.30. The van der Waals surface area contributed by atoms with Gasteiger partial charge in [-0.2, -0.15) is 0 Å². The van der Waals surface area contributed by atoms with Gasteiger partial charge in [0.25, 0.3) is 0 Å². The fourth-order valence-corrected chi connectivity index (χ4v) is 2.90. The van der Waals surface area contributed by atoms with Crippen molar-refractivity contribution in [1.82, 2.24) is 10.3 Å². The molecule has 0 saturated heterocycles. The Morgan fingerprint density at radius 1 is 1.13 bits per heavy atom. The normalized spacial score (nSPS) is 11.7. The van der Waals surface area contributed by atoms with Crippen LogP contribution in [-0.2, 0) is 20.7 Å².